The molecule has 0 saturated heterocycles. The fraction of sp³-hybridized carbons (Fsp3) is 0.188. The summed E-state index contributed by atoms with van der Waals surface area (Å²) >= 11 is 0. The highest BCUT2D eigenvalue weighted by molar-refractivity contribution is 6.00. The van der Waals surface area contributed by atoms with E-state index in [1.54, 1.807) is 13.8 Å². The second-order valence-electron chi connectivity index (χ2n) is 5.40. The second kappa shape index (κ2) is 4.27. The van der Waals surface area contributed by atoms with Gasteiger partial charge in [-0.1, -0.05) is 18.2 Å². The van der Waals surface area contributed by atoms with Crippen molar-refractivity contribution < 1.29 is 9.53 Å². The number of nitrogens with two attached hydrogens (primary N) is 1. The van der Waals surface area contributed by atoms with Crippen LogP contribution in [0.4, 0.5) is 11.4 Å². The third-order valence-electron chi connectivity index (χ3n) is 3.36. The predicted octanol–water partition coefficient (Wildman–Crippen LogP) is 3.05. The lowest BCUT2D eigenvalue weighted by Gasteiger charge is -2.31. The molecule has 0 aromatic heterocycles. The molecule has 2 aromatic carbocycles. The van der Waals surface area contributed by atoms with Gasteiger partial charge in [0, 0.05) is 5.69 Å². The summed E-state index contributed by atoms with van der Waals surface area (Å²) in [6.07, 6.45) is 0. The van der Waals surface area contributed by atoms with Crippen LogP contribution in [-0.2, 0) is 4.79 Å². The summed E-state index contributed by atoms with van der Waals surface area (Å²) in [5, 5.41) is 2.85. The highest BCUT2D eigenvalue weighted by atomic mass is 16.5. The third-order valence-corrected chi connectivity index (χ3v) is 3.36. The van der Waals surface area contributed by atoms with Crippen LogP contribution < -0.4 is 15.8 Å². The van der Waals surface area contributed by atoms with Crippen molar-refractivity contribution in [3.63, 3.8) is 0 Å². The van der Waals surface area contributed by atoms with Gasteiger partial charge in [-0.25, -0.2) is 0 Å². The van der Waals surface area contributed by atoms with Crippen molar-refractivity contribution in [1.29, 1.82) is 0 Å². The Morgan fingerprint density at radius 3 is 2.60 bits per heavy atom. The number of ether oxygens (including phenoxy) is 1. The molecule has 0 bridgehead atoms. The molecule has 0 radical (unpaired) electrons. The number of fused-ring (bicyclic) bond motifs is 1. The number of anilines is 2. The molecule has 20 heavy (non-hydrogen) atoms. The summed E-state index contributed by atoms with van der Waals surface area (Å²) in [6.45, 7) is 3.50. The molecular formula is C16H16N2O2. The van der Waals surface area contributed by atoms with Crippen LogP contribution in [0.2, 0.25) is 0 Å². The van der Waals surface area contributed by atoms with Crippen LogP contribution in [0.5, 0.6) is 5.75 Å². The highest BCUT2D eigenvalue weighted by Crippen LogP contribution is 2.37. The minimum atomic E-state index is -0.860. The molecule has 2 aromatic rings. The van der Waals surface area contributed by atoms with Crippen LogP contribution in [0.15, 0.2) is 42.5 Å². The van der Waals surface area contributed by atoms with E-state index in [0.29, 0.717) is 11.4 Å². The van der Waals surface area contributed by atoms with E-state index >= 15 is 0 Å². The zero-order valence-corrected chi connectivity index (χ0v) is 11.4. The first-order chi connectivity index (χ1) is 9.45. The number of carbonyl (C=O) groups is 1. The van der Waals surface area contributed by atoms with Crippen LogP contribution in [0.25, 0.3) is 11.1 Å². The van der Waals surface area contributed by atoms with Crippen molar-refractivity contribution >= 4 is 17.3 Å². The molecule has 102 valence electrons. The first-order valence-corrected chi connectivity index (χ1v) is 6.46. The fourth-order valence-electron chi connectivity index (χ4n) is 2.20. The molecule has 0 atom stereocenters. The predicted molar refractivity (Wildman–Crippen MR) is 79.6 cm³/mol. The number of carbonyl (C=O) groups excluding carboxylic acids is 1. The zero-order chi connectivity index (χ0) is 14.3. The van der Waals surface area contributed by atoms with Gasteiger partial charge in [-0.15, -0.1) is 0 Å². The number of hydrogen-bond donors (Lipinski definition) is 2. The summed E-state index contributed by atoms with van der Waals surface area (Å²) in [4.78, 5) is 11.8. The fourth-order valence-corrected chi connectivity index (χ4v) is 2.20. The van der Waals surface area contributed by atoms with E-state index in [1.165, 1.54) is 0 Å². The number of rotatable bonds is 1. The Labute approximate surface area is 117 Å². The van der Waals surface area contributed by atoms with E-state index < -0.39 is 5.60 Å². The molecule has 0 fully saturated rings. The Bertz CT molecular complexity index is 693. The molecule has 1 amide bonds. The summed E-state index contributed by atoms with van der Waals surface area (Å²) < 4.78 is 5.78. The van der Waals surface area contributed by atoms with Crippen LogP contribution in [0, 0.1) is 0 Å². The first kappa shape index (κ1) is 12.5. The van der Waals surface area contributed by atoms with Crippen molar-refractivity contribution in [2.45, 2.75) is 19.4 Å². The van der Waals surface area contributed by atoms with E-state index in [1.807, 2.05) is 42.5 Å². The van der Waals surface area contributed by atoms with Gasteiger partial charge in [0.1, 0.15) is 5.75 Å². The molecule has 4 nitrogen and oxygen atoms in total. The minimum Gasteiger partial charge on any atom is -0.476 e. The van der Waals surface area contributed by atoms with Gasteiger partial charge >= 0.3 is 0 Å². The lowest BCUT2D eigenvalue weighted by molar-refractivity contribution is -0.129. The van der Waals surface area contributed by atoms with Crippen LogP contribution in [-0.4, -0.2) is 11.5 Å². The monoisotopic (exact) mass is 268 g/mol. The van der Waals surface area contributed by atoms with Crippen molar-refractivity contribution in [3.8, 4) is 16.9 Å². The van der Waals surface area contributed by atoms with Gasteiger partial charge < -0.3 is 15.8 Å². The Morgan fingerprint density at radius 2 is 1.85 bits per heavy atom. The van der Waals surface area contributed by atoms with Gasteiger partial charge in [0.2, 0.25) is 0 Å². The molecule has 3 N–H and O–H groups in total. The van der Waals surface area contributed by atoms with Crippen LogP contribution in [0.3, 0.4) is 0 Å². The summed E-state index contributed by atoms with van der Waals surface area (Å²) in [6, 6.07) is 13.4. The van der Waals surface area contributed by atoms with Crippen molar-refractivity contribution in [1.82, 2.24) is 0 Å². The molecule has 1 heterocycles. The maximum absolute atomic E-state index is 11.8. The second-order valence-corrected chi connectivity index (χ2v) is 5.40. The molecule has 4 heteroatoms. The van der Waals surface area contributed by atoms with Crippen molar-refractivity contribution in [2.75, 3.05) is 11.1 Å². The van der Waals surface area contributed by atoms with Crippen molar-refractivity contribution in [3.05, 3.63) is 42.5 Å². The Hall–Kier alpha value is -2.49. The maximum atomic E-state index is 11.8. The molecule has 3 rings (SSSR count). The lowest BCUT2D eigenvalue weighted by atomic mass is 10.0. The molecule has 0 unspecified atom stereocenters. The van der Waals surface area contributed by atoms with E-state index in [4.69, 9.17) is 10.5 Å². The minimum absolute atomic E-state index is 0.137. The number of benzene rings is 2. The topological polar surface area (TPSA) is 64.3 Å². The van der Waals surface area contributed by atoms with E-state index in [2.05, 4.69) is 5.32 Å². The summed E-state index contributed by atoms with van der Waals surface area (Å²) in [7, 11) is 0. The average molecular weight is 268 g/mol. The van der Waals surface area contributed by atoms with Crippen LogP contribution >= 0.6 is 0 Å². The number of nitrogen functional groups attached to an aromatic ring is 1. The van der Waals surface area contributed by atoms with Crippen molar-refractivity contribution in [2.24, 2.45) is 0 Å². The van der Waals surface area contributed by atoms with Gasteiger partial charge in [-0.05, 0) is 49.2 Å². The zero-order valence-electron chi connectivity index (χ0n) is 11.4. The highest BCUT2D eigenvalue weighted by Gasteiger charge is 2.35. The number of nitrogens with one attached hydrogen (secondary N) is 1. The SMILES string of the molecule is CC1(C)Oc2cc(-c3cccc(N)c3)ccc2NC1=O. The molecule has 0 spiro atoms. The van der Waals surface area contributed by atoms with E-state index in [0.717, 1.165) is 16.8 Å². The van der Waals surface area contributed by atoms with Gasteiger partial charge in [0.05, 0.1) is 5.69 Å². The van der Waals surface area contributed by atoms with E-state index in [9.17, 15) is 4.79 Å². The maximum Gasteiger partial charge on any atom is 0.268 e. The standard InChI is InChI=1S/C16H16N2O2/c1-16(2)15(19)18-13-7-6-11(9-14(13)20-16)10-4-3-5-12(17)8-10/h3-9H,17H2,1-2H3,(H,18,19). The smallest absolute Gasteiger partial charge is 0.268 e. The van der Waals surface area contributed by atoms with Crippen LogP contribution in [0.1, 0.15) is 13.8 Å². The third kappa shape index (κ3) is 2.09. The van der Waals surface area contributed by atoms with Gasteiger partial charge in [0.15, 0.2) is 5.60 Å². The quantitative estimate of drug-likeness (QED) is 0.781. The van der Waals surface area contributed by atoms with Gasteiger partial charge in [-0.3, -0.25) is 4.79 Å². The normalized spacial score (nSPS) is 16.0. The molecule has 0 saturated carbocycles. The lowest BCUT2D eigenvalue weighted by Crippen LogP contribution is -2.45. The Kier molecular flexibility index (Phi) is 2.67. The number of amides is 1. The number of hydrogen-bond acceptors (Lipinski definition) is 3. The van der Waals surface area contributed by atoms with Gasteiger partial charge in [0.25, 0.3) is 5.91 Å². The molecule has 1 aliphatic rings. The average Bonchev–Trinajstić information content (AvgIpc) is 2.39. The summed E-state index contributed by atoms with van der Waals surface area (Å²) in [5.74, 6) is 0.538. The largest absolute Gasteiger partial charge is 0.476 e. The summed E-state index contributed by atoms with van der Waals surface area (Å²) in [5.41, 5.74) is 8.38. The molecular weight excluding hydrogens is 252 g/mol. The Morgan fingerprint density at radius 1 is 1.10 bits per heavy atom. The first-order valence-electron chi connectivity index (χ1n) is 6.46. The van der Waals surface area contributed by atoms with Gasteiger partial charge in [-0.2, -0.15) is 0 Å². The molecule has 1 aliphatic heterocycles. The van der Waals surface area contributed by atoms with E-state index in [-0.39, 0.29) is 5.91 Å². The molecule has 0 aliphatic carbocycles. The Balaban J connectivity index is 2.04.